The molecular formula is C23H22N2OS. The van der Waals surface area contributed by atoms with Gasteiger partial charge in [-0.3, -0.25) is 4.79 Å². The standard InChI is InChI=1S/C23H22N2OS/c1-16(2)10-11-25-23(26)18(14-24)12-20-13-19(15-27-20)22-9-5-7-17-6-3-4-8-21(17)22/h3-9,12-13,15-16H,10-11H2,1-2H3,(H,25,26)/b18-12+. The van der Waals surface area contributed by atoms with E-state index < -0.39 is 0 Å². The number of nitrogens with one attached hydrogen (secondary N) is 1. The molecule has 0 unspecified atom stereocenters. The molecule has 0 atom stereocenters. The number of rotatable bonds is 6. The third-order valence-corrected chi connectivity index (χ3v) is 5.26. The lowest BCUT2D eigenvalue weighted by Gasteiger charge is -2.06. The smallest absolute Gasteiger partial charge is 0.261 e. The normalized spacial score (nSPS) is 11.6. The summed E-state index contributed by atoms with van der Waals surface area (Å²) in [7, 11) is 0. The Morgan fingerprint density at radius 3 is 2.78 bits per heavy atom. The number of fused-ring (bicyclic) bond motifs is 1. The van der Waals surface area contributed by atoms with Crippen LogP contribution in [0.5, 0.6) is 0 Å². The predicted octanol–water partition coefficient (Wildman–Crippen LogP) is 5.64. The number of carbonyl (C=O) groups is 1. The first-order valence-electron chi connectivity index (χ1n) is 9.05. The first kappa shape index (κ1) is 18.9. The number of nitrogens with zero attached hydrogens (tertiary/aromatic N) is 1. The first-order valence-corrected chi connectivity index (χ1v) is 9.93. The Balaban J connectivity index is 1.83. The summed E-state index contributed by atoms with van der Waals surface area (Å²) in [5.74, 6) is 0.207. The average molecular weight is 375 g/mol. The van der Waals surface area contributed by atoms with Gasteiger partial charge < -0.3 is 5.32 Å². The number of hydrogen-bond acceptors (Lipinski definition) is 3. The third kappa shape index (κ3) is 4.64. The first-order chi connectivity index (χ1) is 13.1. The number of carbonyl (C=O) groups excluding carboxylic acids is 1. The van der Waals surface area contributed by atoms with E-state index in [0.29, 0.717) is 12.5 Å². The predicted molar refractivity (Wildman–Crippen MR) is 113 cm³/mol. The van der Waals surface area contributed by atoms with Gasteiger partial charge in [0.25, 0.3) is 5.91 Å². The van der Waals surface area contributed by atoms with E-state index in [4.69, 9.17) is 0 Å². The SMILES string of the molecule is CC(C)CCNC(=O)/C(C#N)=C/c1cc(-c2cccc3ccccc23)cs1. The van der Waals surface area contributed by atoms with Gasteiger partial charge in [-0.2, -0.15) is 5.26 Å². The summed E-state index contributed by atoms with van der Waals surface area (Å²) in [6.45, 7) is 4.79. The molecule has 3 rings (SSSR count). The Bertz CT molecular complexity index is 1020. The van der Waals surface area contributed by atoms with Gasteiger partial charge in [-0.25, -0.2) is 0 Å². The van der Waals surface area contributed by atoms with E-state index in [9.17, 15) is 10.1 Å². The summed E-state index contributed by atoms with van der Waals surface area (Å²) >= 11 is 1.54. The highest BCUT2D eigenvalue weighted by Gasteiger charge is 2.11. The molecule has 1 amide bonds. The van der Waals surface area contributed by atoms with Crippen LogP contribution in [0.15, 0.2) is 59.5 Å². The summed E-state index contributed by atoms with van der Waals surface area (Å²) in [5, 5.41) is 16.6. The highest BCUT2D eigenvalue weighted by atomic mass is 32.1. The molecule has 3 nitrogen and oxygen atoms in total. The van der Waals surface area contributed by atoms with Crippen molar-refractivity contribution in [2.24, 2.45) is 5.92 Å². The monoisotopic (exact) mass is 374 g/mol. The molecule has 0 bridgehead atoms. The maximum absolute atomic E-state index is 12.2. The van der Waals surface area contributed by atoms with Gasteiger partial charge >= 0.3 is 0 Å². The molecular weight excluding hydrogens is 352 g/mol. The molecule has 1 aromatic heterocycles. The maximum Gasteiger partial charge on any atom is 0.261 e. The molecule has 1 heterocycles. The summed E-state index contributed by atoms with van der Waals surface area (Å²) < 4.78 is 0. The molecule has 0 saturated carbocycles. The van der Waals surface area contributed by atoms with Crippen molar-refractivity contribution >= 4 is 34.1 Å². The molecule has 0 fully saturated rings. The topological polar surface area (TPSA) is 52.9 Å². The van der Waals surface area contributed by atoms with Crippen LogP contribution in [-0.2, 0) is 4.79 Å². The van der Waals surface area contributed by atoms with Crippen LogP contribution < -0.4 is 5.32 Å². The molecule has 3 aromatic rings. The van der Waals surface area contributed by atoms with E-state index in [2.05, 4.69) is 48.8 Å². The molecule has 4 heteroatoms. The Morgan fingerprint density at radius 2 is 2.00 bits per heavy atom. The van der Waals surface area contributed by atoms with Gasteiger partial charge in [-0.1, -0.05) is 56.3 Å². The van der Waals surface area contributed by atoms with E-state index in [1.807, 2.05) is 30.3 Å². The fraction of sp³-hybridized carbons (Fsp3) is 0.217. The molecule has 0 radical (unpaired) electrons. The second-order valence-corrected chi connectivity index (χ2v) is 7.82. The largest absolute Gasteiger partial charge is 0.351 e. The lowest BCUT2D eigenvalue weighted by molar-refractivity contribution is -0.117. The Hall–Kier alpha value is -2.90. The van der Waals surface area contributed by atoms with E-state index in [1.54, 1.807) is 6.08 Å². The highest BCUT2D eigenvalue weighted by molar-refractivity contribution is 7.11. The van der Waals surface area contributed by atoms with E-state index in [1.165, 1.54) is 22.1 Å². The highest BCUT2D eigenvalue weighted by Crippen LogP contribution is 2.32. The number of benzene rings is 2. The van der Waals surface area contributed by atoms with Gasteiger partial charge in [0.2, 0.25) is 0 Å². The van der Waals surface area contributed by atoms with Crippen molar-refractivity contribution in [3.05, 3.63) is 64.4 Å². The molecule has 0 spiro atoms. The van der Waals surface area contributed by atoms with Crippen molar-refractivity contribution in [3.8, 4) is 17.2 Å². The number of nitriles is 1. The van der Waals surface area contributed by atoms with Gasteiger partial charge in [-0.15, -0.1) is 11.3 Å². The van der Waals surface area contributed by atoms with Crippen molar-refractivity contribution in [3.63, 3.8) is 0 Å². The fourth-order valence-corrected chi connectivity index (χ4v) is 3.75. The Labute approximate surface area is 164 Å². The minimum Gasteiger partial charge on any atom is -0.351 e. The van der Waals surface area contributed by atoms with Crippen molar-refractivity contribution in [1.29, 1.82) is 5.26 Å². The second-order valence-electron chi connectivity index (χ2n) is 6.87. The molecule has 27 heavy (non-hydrogen) atoms. The van der Waals surface area contributed by atoms with Crippen LogP contribution >= 0.6 is 11.3 Å². The number of thiophene rings is 1. The van der Waals surface area contributed by atoms with Crippen LogP contribution in [0, 0.1) is 17.2 Å². The summed E-state index contributed by atoms with van der Waals surface area (Å²) in [6, 6.07) is 18.6. The summed E-state index contributed by atoms with van der Waals surface area (Å²) in [4.78, 5) is 13.1. The second kappa shape index (κ2) is 8.66. The molecule has 0 aliphatic carbocycles. The van der Waals surface area contributed by atoms with Crippen LogP contribution in [0.4, 0.5) is 0 Å². The Kier molecular flexibility index (Phi) is 6.05. The van der Waals surface area contributed by atoms with Gasteiger partial charge in [0.1, 0.15) is 11.6 Å². The summed E-state index contributed by atoms with van der Waals surface area (Å²) in [6.07, 6.45) is 2.57. The zero-order valence-electron chi connectivity index (χ0n) is 15.5. The van der Waals surface area contributed by atoms with Crippen LogP contribution in [-0.4, -0.2) is 12.5 Å². The average Bonchev–Trinajstić information content (AvgIpc) is 3.13. The zero-order chi connectivity index (χ0) is 19.2. The zero-order valence-corrected chi connectivity index (χ0v) is 16.3. The van der Waals surface area contributed by atoms with E-state index in [0.717, 1.165) is 22.4 Å². The van der Waals surface area contributed by atoms with Crippen molar-refractivity contribution in [2.45, 2.75) is 20.3 Å². The minimum atomic E-state index is -0.307. The van der Waals surface area contributed by atoms with Gasteiger partial charge in [0.05, 0.1) is 0 Å². The van der Waals surface area contributed by atoms with Crippen LogP contribution in [0.25, 0.3) is 28.0 Å². The minimum absolute atomic E-state index is 0.144. The van der Waals surface area contributed by atoms with E-state index >= 15 is 0 Å². The number of hydrogen-bond donors (Lipinski definition) is 1. The van der Waals surface area contributed by atoms with Gasteiger partial charge in [-0.05, 0) is 51.8 Å². The van der Waals surface area contributed by atoms with Crippen LogP contribution in [0.2, 0.25) is 0 Å². The lowest BCUT2D eigenvalue weighted by Crippen LogP contribution is -2.26. The van der Waals surface area contributed by atoms with Crippen LogP contribution in [0.1, 0.15) is 25.1 Å². The van der Waals surface area contributed by atoms with Crippen molar-refractivity contribution < 1.29 is 4.79 Å². The molecule has 2 aromatic carbocycles. The van der Waals surface area contributed by atoms with Gasteiger partial charge in [0, 0.05) is 11.4 Å². The number of amides is 1. The molecule has 136 valence electrons. The van der Waals surface area contributed by atoms with E-state index in [-0.39, 0.29) is 11.5 Å². The molecule has 1 N–H and O–H groups in total. The quantitative estimate of drug-likeness (QED) is 0.448. The third-order valence-electron chi connectivity index (χ3n) is 4.38. The molecule has 0 aliphatic heterocycles. The van der Waals surface area contributed by atoms with Crippen molar-refractivity contribution in [2.75, 3.05) is 6.54 Å². The van der Waals surface area contributed by atoms with Gasteiger partial charge in [0.15, 0.2) is 0 Å². The molecule has 0 aliphatic rings. The van der Waals surface area contributed by atoms with Crippen LogP contribution in [0.3, 0.4) is 0 Å². The fourth-order valence-electron chi connectivity index (χ4n) is 2.91. The Morgan fingerprint density at radius 1 is 1.22 bits per heavy atom. The lowest BCUT2D eigenvalue weighted by atomic mass is 10.00. The summed E-state index contributed by atoms with van der Waals surface area (Å²) in [5.41, 5.74) is 2.40. The molecule has 0 saturated heterocycles. The maximum atomic E-state index is 12.2. The van der Waals surface area contributed by atoms with Crippen molar-refractivity contribution in [1.82, 2.24) is 5.32 Å².